The van der Waals surface area contributed by atoms with E-state index in [1.54, 1.807) is 18.4 Å². The molecule has 0 unspecified atom stereocenters. The van der Waals surface area contributed by atoms with E-state index < -0.39 is 0 Å². The van der Waals surface area contributed by atoms with Gasteiger partial charge >= 0.3 is 0 Å². The second-order valence-electron chi connectivity index (χ2n) is 5.69. The number of nitrogens with one attached hydrogen (secondary N) is 2. The number of hydrogen-bond acceptors (Lipinski definition) is 4. The number of ether oxygens (including phenoxy) is 1. The van der Waals surface area contributed by atoms with E-state index in [2.05, 4.69) is 46.8 Å². The Morgan fingerprint density at radius 1 is 1.28 bits per heavy atom. The highest BCUT2D eigenvalue weighted by Crippen LogP contribution is 2.19. The number of aliphatic imine (C=N–C) groups is 1. The van der Waals surface area contributed by atoms with Crippen LogP contribution in [-0.4, -0.2) is 24.6 Å². The monoisotopic (exact) mass is 474 g/mol. The highest BCUT2D eigenvalue weighted by molar-refractivity contribution is 14.0. The molecular weight excluding hydrogens is 447 g/mol. The molecule has 0 saturated carbocycles. The van der Waals surface area contributed by atoms with Gasteiger partial charge in [0.1, 0.15) is 5.75 Å². The van der Waals surface area contributed by atoms with Gasteiger partial charge in [0, 0.05) is 23.4 Å². The lowest BCUT2D eigenvalue weighted by atomic mass is 10.2. The third kappa shape index (κ3) is 6.81. The minimum absolute atomic E-state index is 0. The molecule has 2 aromatic rings. The maximum absolute atomic E-state index is 5.37. The molecule has 0 aliphatic heterocycles. The van der Waals surface area contributed by atoms with Crippen molar-refractivity contribution in [1.29, 1.82) is 0 Å². The van der Waals surface area contributed by atoms with Crippen LogP contribution in [0.4, 0.5) is 0 Å². The van der Waals surface area contributed by atoms with E-state index in [0.29, 0.717) is 19.0 Å². The summed E-state index contributed by atoms with van der Waals surface area (Å²) in [5.74, 6) is 2.11. The summed E-state index contributed by atoms with van der Waals surface area (Å²) in [5, 5.41) is 9.88. The first-order chi connectivity index (χ1) is 11.6. The van der Waals surface area contributed by atoms with Crippen LogP contribution in [0.25, 0.3) is 0 Å². The Kier molecular flexibility index (Phi) is 9.81. The third-order valence-corrected chi connectivity index (χ3v) is 4.64. The summed E-state index contributed by atoms with van der Waals surface area (Å²) in [7, 11) is 1.68. The Labute approximate surface area is 171 Å². The molecule has 2 N–H and O–H groups in total. The number of benzene rings is 1. The molecule has 2 rings (SSSR count). The number of thiazole rings is 1. The van der Waals surface area contributed by atoms with Crippen LogP contribution in [0.3, 0.4) is 0 Å². The van der Waals surface area contributed by atoms with Crippen molar-refractivity contribution in [2.45, 2.75) is 39.8 Å². The summed E-state index contributed by atoms with van der Waals surface area (Å²) in [6, 6.07) is 7.94. The summed E-state index contributed by atoms with van der Waals surface area (Å²) in [6.07, 6.45) is 0. The molecule has 138 valence electrons. The molecule has 0 bridgehead atoms. The maximum atomic E-state index is 5.37. The van der Waals surface area contributed by atoms with Crippen molar-refractivity contribution in [1.82, 2.24) is 15.6 Å². The molecule has 0 radical (unpaired) electrons. The Balaban J connectivity index is 0.00000312. The summed E-state index contributed by atoms with van der Waals surface area (Å²) in [5.41, 5.74) is 2.11. The van der Waals surface area contributed by atoms with Crippen molar-refractivity contribution in [3.63, 3.8) is 0 Å². The first kappa shape index (κ1) is 21.7. The summed E-state index contributed by atoms with van der Waals surface area (Å²) < 4.78 is 5.37. The van der Waals surface area contributed by atoms with Gasteiger partial charge in [-0.05, 0) is 13.0 Å². The number of aromatic nitrogens is 1. The molecule has 1 aromatic carbocycles. The van der Waals surface area contributed by atoms with E-state index in [1.165, 1.54) is 5.01 Å². The summed E-state index contributed by atoms with van der Waals surface area (Å²) >= 11 is 1.71. The minimum Gasteiger partial charge on any atom is -0.496 e. The van der Waals surface area contributed by atoms with Crippen molar-refractivity contribution in [3.8, 4) is 5.75 Å². The molecule has 0 saturated heterocycles. The lowest BCUT2D eigenvalue weighted by molar-refractivity contribution is 0.410. The highest BCUT2D eigenvalue weighted by atomic mass is 127. The molecular formula is C18H27IN4OS. The van der Waals surface area contributed by atoms with Gasteiger partial charge in [-0.25, -0.2) is 9.98 Å². The molecule has 1 aromatic heterocycles. The van der Waals surface area contributed by atoms with Gasteiger partial charge in [-0.15, -0.1) is 35.3 Å². The van der Waals surface area contributed by atoms with Gasteiger partial charge in [-0.2, -0.15) is 0 Å². The van der Waals surface area contributed by atoms with E-state index >= 15 is 0 Å². The fourth-order valence-electron chi connectivity index (χ4n) is 2.18. The Morgan fingerprint density at radius 2 is 2.04 bits per heavy atom. The van der Waals surface area contributed by atoms with Crippen LogP contribution < -0.4 is 15.4 Å². The number of guanidine groups is 1. The molecule has 0 spiro atoms. The van der Waals surface area contributed by atoms with E-state index in [9.17, 15) is 0 Å². The van der Waals surface area contributed by atoms with Gasteiger partial charge in [0.2, 0.25) is 0 Å². The molecule has 0 fully saturated rings. The average molecular weight is 474 g/mol. The van der Waals surface area contributed by atoms with Gasteiger partial charge in [-0.1, -0.05) is 32.0 Å². The van der Waals surface area contributed by atoms with E-state index in [-0.39, 0.29) is 24.0 Å². The number of hydrogen-bond donors (Lipinski definition) is 2. The van der Waals surface area contributed by atoms with E-state index in [4.69, 9.17) is 4.74 Å². The SMILES string of the molecule is CCNC(=NCc1ccccc1OC)NCc1csc(C(C)C)n1.I. The Morgan fingerprint density at radius 3 is 2.68 bits per heavy atom. The molecule has 0 amide bonds. The quantitative estimate of drug-likeness (QED) is 0.360. The number of halogens is 1. The van der Waals surface area contributed by atoms with Crippen molar-refractivity contribution in [2.24, 2.45) is 4.99 Å². The third-order valence-electron chi connectivity index (χ3n) is 3.44. The van der Waals surface area contributed by atoms with Crippen LogP contribution in [0.5, 0.6) is 5.75 Å². The smallest absolute Gasteiger partial charge is 0.191 e. The van der Waals surface area contributed by atoms with Gasteiger partial charge in [0.25, 0.3) is 0 Å². The van der Waals surface area contributed by atoms with Crippen LogP contribution in [-0.2, 0) is 13.1 Å². The highest BCUT2D eigenvalue weighted by Gasteiger charge is 2.07. The standard InChI is InChI=1S/C18H26N4OS.HI/c1-5-19-18(20-10-14-8-6-7-9-16(14)23-4)21-11-15-12-24-17(22-15)13(2)3;/h6-9,12-13H,5,10-11H2,1-4H3,(H2,19,20,21);1H. The van der Waals surface area contributed by atoms with Crippen molar-refractivity contribution >= 4 is 41.3 Å². The summed E-state index contributed by atoms with van der Waals surface area (Å²) in [4.78, 5) is 9.28. The fourth-order valence-corrected chi connectivity index (χ4v) is 3.02. The minimum atomic E-state index is 0. The average Bonchev–Trinajstić information content (AvgIpc) is 3.07. The zero-order valence-corrected chi connectivity index (χ0v) is 18.4. The molecule has 0 atom stereocenters. The second kappa shape index (κ2) is 11.3. The normalized spacial score (nSPS) is 11.2. The number of rotatable bonds is 7. The van der Waals surface area contributed by atoms with Crippen LogP contribution in [0, 0.1) is 0 Å². The first-order valence-electron chi connectivity index (χ1n) is 8.22. The lowest BCUT2D eigenvalue weighted by Gasteiger charge is -2.11. The lowest BCUT2D eigenvalue weighted by Crippen LogP contribution is -2.36. The van der Waals surface area contributed by atoms with Crippen LogP contribution in [0.2, 0.25) is 0 Å². The van der Waals surface area contributed by atoms with Gasteiger partial charge < -0.3 is 15.4 Å². The number of nitrogens with zero attached hydrogens (tertiary/aromatic N) is 2. The van der Waals surface area contributed by atoms with Gasteiger partial charge in [0.05, 0.1) is 30.9 Å². The molecule has 0 aliphatic carbocycles. The van der Waals surface area contributed by atoms with Gasteiger partial charge in [-0.3, -0.25) is 0 Å². The van der Waals surface area contributed by atoms with Crippen molar-refractivity contribution in [2.75, 3.05) is 13.7 Å². The van der Waals surface area contributed by atoms with E-state index in [0.717, 1.165) is 29.5 Å². The van der Waals surface area contributed by atoms with Crippen LogP contribution in [0.15, 0.2) is 34.6 Å². The molecule has 5 nitrogen and oxygen atoms in total. The summed E-state index contributed by atoms with van der Waals surface area (Å²) in [6.45, 7) is 8.42. The number of para-hydroxylation sites is 1. The van der Waals surface area contributed by atoms with Crippen molar-refractivity contribution < 1.29 is 4.74 Å². The first-order valence-corrected chi connectivity index (χ1v) is 9.10. The molecule has 1 heterocycles. The van der Waals surface area contributed by atoms with Gasteiger partial charge in [0.15, 0.2) is 5.96 Å². The topological polar surface area (TPSA) is 58.5 Å². The Hall–Kier alpha value is -1.35. The van der Waals surface area contributed by atoms with Crippen LogP contribution >= 0.6 is 35.3 Å². The number of methoxy groups -OCH3 is 1. The van der Waals surface area contributed by atoms with E-state index in [1.807, 2.05) is 24.3 Å². The molecule has 0 aliphatic rings. The maximum Gasteiger partial charge on any atom is 0.191 e. The largest absolute Gasteiger partial charge is 0.496 e. The zero-order valence-electron chi connectivity index (χ0n) is 15.2. The predicted molar refractivity (Wildman–Crippen MR) is 116 cm³/mol. The van der Waals surface area contributed by atoms with Crippen molar-refractivity contribution in [3.05, 3.63) is 45.9 Å². The molecule has 25 heavy (non-hydrogen) atoms. The fraction of sp³-hybridized carbons (Fsp3) is 0.444. The van der Waals surface area contributed by atoms with Crippen LogP contribution in [0.1, 0.15) is 43.0 Å². The second-order valence-corrected chi connectivity index (χ2v) is 6.58. The predicted octanol–water partition coefficient (Wildman–Crippen LogP) is 4.15. The Bertz CT molecular complexity index is 673. The zero-order chi connectivity index (χ0) is 17.4. The molecule has 7 heteroatoms.